The first-order valence-electron chi connectivity index (χ1n) is 9.70. The Hall–Kier alpha value is -3.25. The van der Waals surface area contributed by atoms with Gasteiger partial charge in [0.25, 0.3) is 5.91 Å². The van der Waals surface area contributed by atoms with E-state index in [9.17, 15) is 9.59 Å². The fourth-order valence-corrected chi connectivity index (χ4v) is 4.18. The highest BCUT2D eigenvalue weighted by atomic mass is 32.2. The minimum absolute atomic E-state index is 0.223. The Kier molecular flexibility index (Phi) is 5.77. The number of hydrogen-bond donors (Lipinski definition) is 1. The highest BCUT2D eigenvalue weighted by molar-refractivity contribution is 7.99. The van der Waals surface area contributed by atoms with E-state index in [0.29, 0.717) is 24.4 Å². The van der Waals surface area contributed by atoms with Crippen LogP contribution >= 0.6 is 11.8 Å². The molecule has 0 aliphatic carbocycles. The van der Waals surface area contributed by atoms with Crippen molar-refractivity contribution in [2.24, 2.45) is 0 Å². The van der Waals surface area contributed by atoms with Gasteiger partial charge in [0.05, 0.1) is 6.54 Å². The Morgan fingerprint density at radius 1 is 1.03 bits per heavy atom. The zero-order valence-electron chi connectivity index (χ0n) is 16.8. The summed E-state index contributed by atoms with van der Waals surface area (Å²) in [6.07, 6.45) is -0.385. The maximum atomic E-state index is 12.7. The topological polar surface area (TPSA) is 58.6 Å². The molecule has 1 fully saturated rings. The second kappa shape index (κ2) is 8.63. The fourth-order valence-electron chi connectivity index (χ4n) is 3.29. The Balaban J connectivity index is 1.43. The molecule has 3 aromatic rings. The van der Waals surface area contributed by atoms with Crippen molar-refractivity contribution >= 4 is 35.1 Å². The molecule has 0 bridgehead atoms. The van der Waals surface area contributed by atoms with Gasteiger partial charge < -0.3 is 10.1 Å². The van der Waals surface area contributed by atoms with Crippen LogP contribution < -0.4 is 10.2 Å². The van der Waals surface area contributed by atoms with Crippen molar-refractivity contribution in [1.29, 1.82) is 0 Å². The van der Waals surface area contributed by atoms with Crippen molar-refractivity contribution in [3.8, 4) is 0 Å². The van der Waals surface area contributed by atoms with Gasteiger partial charge in [0.1, 0.15) is 6.61 Å². The monoisotopic (exact) mass is 418 g/mol. The molecule has 5 nitrogen and oxygen atoms in total. The third-order valence-electron chi connectivity index (χ3n) is 4.85. The van der Waals surface area contributed by atoms with Crippen molar-refractivity contribution in [3.63, 3.8) is 0 Å². The van der Waals surface area contributed by atoms with E-state index in [1.807, 2.05) is 24.3 Å². The summed E-state index contributed by atoms with van der Waals surface area (Å²) >= 11 is 1.70. The van der Waals surface area contributed by atoms with E-state index in [1.165, 1.54) is 20.9 Å². The molecule has 1 N–H and O–H groups in total. The van der Waals surface area contributed by atoms with Gasteiger partial charge in [0, 0.05) is 26.7 Å². The molecule has 0 saturated carbocycles. The number of carbonyl (C=O) groups excluding carboxylic acids is 2. The van der Waals surface area contributed by atoms with Gasteiger partial charge >= 0.3 is 6.09 Å². The third-order valence-corrected chi connectivity index (χ3v) is 6.04. The average molecular weight is 419 g/mol. The number of nitrogens with one attached hydrogen (secondary N) is 1. The van der Waals surface area contributed by atoms with E-state index in [1.54, 1.807) is 36.0 Å². The van der Waals surface area contributed by atoms with Gasteiger partial charge in [-0.1, -0.05) is 35.5 Å². The Morgan fingerprint density at radius 2 is 1.83 bits per heavy atom. The number of aryl methyl sites for hydroxylation is 2. The van der Waals surface area contributed by atoms with Crippen molar-refractivity contribution < 1.29 is 14.3 Å². The highest BCUT2D eigenvalue weighted by Crippen LogP contribution is 2.31. The predicted molar refractivity (Wildman–Crippen MR) is 120 cm³/mol. The molecule has 1 aliphatic rings. The summed E-state index contributed by atoms with van der Waals surface area (Å²) in [5.74, 6) is -0.223. The van der Waals surface area contributed by atoms with Crippen LogP contribution in [-0.2, 0) is 4.74 Å². The molecule has 30 heavy (non-hydrogen) atoms. The van der Waals surface area contributed by atoms with Crippen LogP contribution in [0.25, 0.3) is 0 Å². The van der Waals surface area contributed by atoms with Crippen molar-refractivity contribution in [3.05, 3.63) is 83.4 Å². The van der Waals surface area contributed by atoms with Crippen LogP contribution in [-0.4, -0.2) is 25.2 Å². The smallest absolute Gasteiger partial charge is 0.414 e. The lowest BCUT2D eigenvalue weighted by Gasteiger charge is -2.14. The normalized spacial score (nSPS) is 13.3. The van der Waals surface area contributed by atoms with Crippen molar-refractivity contribution in [2.45, 2.75) is 23.6 Å². The number of rotatable bonds is 5. The van der Waals surface area contributed by atoms with Crippen molar-refractivity contribution in [2.75, 3.05) is 23.4 Å². The number of anilines is 2. The number of benzene rings is 3. The van der Waals surface area contributed by atoms with Crippen LogP contribution in [0.3, 0.4) is 0 Å². The van der Waals surface area contributed by atoms with Gasteiger partial charge in [0.15, 0.2) is 0 Å². The van der Waals surface area contributed by atoms with Crippen LogP contribution in [0.2, 0.25) is 0 Å². The summed E-state index contributed by atoms with van der Waals surface area (Å²) in [6, 6.07) is 21.2. The first kappa shape index (κ1) is 20.0. The Labute approximate surface area is 180 Å². The van der Waals surface area contributed by atoms with Crippen LogP contribution in [0.4, 0.5) is 16.2 Å². The molecule has 1 saturated heterocycles. The maximum Gasteiger partial charge on any atom is 0.414 e. The summed E-state index contributed by atoms with van der Waals surface area (Å²) in [5.41, 5.74) is 4.36. The zero-order valence-corrected chi connectivity index (χ0v) is 17.7. The Bertz CT molecular complexity index is 1100. The number of ether oxygens (including phenoxy) is 1. The quantitative estimate of drug-likeness (QED) is 0.580. The molecule has 6 heteroatoms. The SMILES string of the molecule is Cc1ccc(Sc2ccc(NC(=O)c3cccc(N4CCOC4=O)c3)cc2)c(C)c1. The molecule has 1 heterocycles. The van der Waals surface area contributed by atoms with Gasteiger partial charge in [-0.3, -0.25) is 9.69 Å². The summed E-state index contributed by atoms with van der Waals surface area (Å²) in [6.45, 7) is 5.05. The van der Waals surface area contributed by atoms with Crippen LogP contribution in [0.1, 0.15) is 21.5 Å². The molecule has 1 aliphatic heterocycles. The molecule has 0 radical (unpaired) electrons. The molecule has 0 aromatic heterocycles. The molecule has 2 amide bonds. The summed E-state index contributed by atoms with van der Waals surface area (Å²) in [7, 11) is 0. The summed E-state index contributed by atoms with van der Waals surface area (Å²) in [4.78, 5) is 28.3. The summed E-state index contributed by atoms with van der Waals surface area (Å²) < 4.78 is 4.97. The number of amides is 2. The predicted octanol–water partition coefficient (Wildman–Crippen LogP) is 5.66. The first-order valence-corrected chi connectivity index (χ1v) is 10.5. The molecule has 0 atom stereocenters. The standard InChI is InChI=1S/C24H22N2O3S/c1-16-6-11-22(17(2)14-16)30-21-9-7-19(8-10-21)25-23(27)18-4-3-5-20(15-18)26-12-13-29-24(26)28/h3-11,14-15H,12-13H2,1-2H3,(H,25,27). The molecular weight excluding hydrogens is 396 g/mol. The molecule has 152 valence electrons. The van der Waals surface area contributed by atoms with E-state index in [0.717, 1.165) is 10.6 Å². The van der Waals surface area contributed by atoms with Gasteiger partial charge in [-0.05, 0) is 67.9 Å². The van der Waals surface area contributed by atoms with E-state index < -0.39 is 0 Å². The van der Waals surface area contributed by atoms with Gasteiger partial charge in [-0.15, -0.1) is 0 Å². The third kappa shape index (κ3) is 4.49. The van der Waals surface area contributed by atoms with Gasteiger partial charge in [0.2, 0.25) is 0 Å². The Morgan fingerprint density at radius 3 is 2.53 bits per heavy atom. The minimum Gasteiger partial charge on any atom is -0.447 e. The van der Waals surface area contributed by atoms with E-state index in [4.69, 9.17) is 4.74 Å². The molecule has 0 spiro atoms. The minimum atomic E-state index is -0.385. The second-order valence-electron chi connectivity index (χ2n) is 7.17. The maximum absolute atomic E-state index is 12.7. The second-order valence-corrected chi connectivity index (χ2v) is 8.28. The van der Waals surface area contributed by atoms with E-state index in [-0.39, 0.29) is 12.0 Å². The lowest BCUT2D eigenvalue weighted by Crippen LogP contribution is -2.23. The van der Waals surface area contributed by atoms with Crippen LogP contribution in [0.15, 0.2) is 76.5 Å². The van der Waals surface area contributed by atoms with Crippen molar-refractivity contribution in [1.82, 2.24) is 0 Å². The average Bonchev–Trinajstić information content (AvgIpc) is 3.17. The molecule has 4 rings (SSSR count). The van der Waals surface area contributed by atoms with Crippen LogP contribution in [0, 0.1) is 13.8 Å². The molecule has 0 unspecified atom stereocenters. The van der Waals surface area contributed by atoms with Gasteiger partial charge in [-0.2, -0.15) is 0 Å². The first-order chi connectivity index (χ1) is 14.5. The van der Waals surface area contributed by atoms with Crippen LogP contribution in [0.5, 0.6) is 0 Å². The number of hydrogen-bond acceptors (Lipinski definition) is 4. The number of nitrogens with zero attached hydrogens (tertiary/aromatic N) is 1. The highest BCUT2D eigenvalue weighted by Gasteiger charge is 2.24. The van der Waals surface area contributed by atoms with E-state index in [2.05, 4.69) is 37.4 Å². The molecule has 3 aromatic carbocycles. The lowest BCUT2D eigenvalue weighted by atomic mass is 10.1. The van der Waals surface area contributed by atoms with Gasteiger partial charge in [-0.25, -0.2) is 4.79 Å². The zero-order chi connectivity index (χ0) is 21.1. The number of cyclic esters (lactones) is 1. The molecular formula is C24H22N2O3S. The largest absolute Gasteiger partial charge is 0.447 e. The fraction of sp³-hybridized carbons (Fsp3) is 0.167. The van der Waals surface area contributed by atoms with E-state index >= 15 is 0 Å². The number of carbonyl (C=O) groups is 2. The summed E-state index contributed by atoms with van der Waals surface area (Å²) in [5, 5.41) is 2.91. The lowest BCUT2D eigenvalue weighted by molar-refractivity contribution is 0.102.